The first kappa shape index (κ1) is 19.6. The van der Waals surface area contributed by atoms with Crippen molar-refractivity contribution < 1.29 is 22.8 Å². The van der Waals surface area contributed by atoms with E-state index < -0.39 is 27.6 Å². The van der Waals surface area contributed by atoms with Gasteiger partial charge in [0.05, 0.1) is 11.5 Å². The lowest BCUT2D eigenvalue weighted by atomic mass is 10.1. The topological polar surface area (TPSA) is 113 Å². The molecule has 8 nitrogen and oxygen atoms in total. The van der Waals surface area contributed by atoms with Crippen LogP contribution >= 0.6 is 11.6 Å². The van der Waals surface area contributed by atoms with Gasteiger partial charge in [0.25, 0.3) is 5.91 Å². The molecule has 2 fully saturated rings. The van der Waals surface area contributed by atoms with Gasteiger partial charge in [-0.3, -0.25) is 25.2 Å². The summed E-state index contributed by atoms with van der Waals surface area (Å²) in [4.78, 5) is 38.1. The summed E-state index contributed by atoms with van der Waals surface area (Å²) < 4.78 is 22.8. The van der Waals surface area contributed by atoms with E-state index in [1.165, 1.54) is 4.90 Å². The Labute approximate surface area is 162 Å². The van der Waals surface area contributed by atoms with E-state index in [0.29, 0.717) is 30.1 Å². The first-order valence-electron chi connectivity index (χ1n) is 8.61. The van der Waals surface area contributed by atoms with Crippen LogP contribution in [-0.4, -0.2) is 44.2 Å². The molecule has 2 heterocycles. The number of amides is 3. The number of hydrogen-bond acceptors (Lipinski definition) is 5. The predicted molar refractivity (Wildman–Crippen MR) is 99.6 cm³/mol. The monoisotopic (exact) mass is 413 g/mol. The van der Waals surface area contributed by atoms with Crippen LogP contribution in [0.4, 0.5) is 5.69 Å². The predicted octanol–water partition coefficient (Wildman–Crippen LogP) is 0.665. The lowest BCUT2D eigenvalue weighted by Gasteiger charge is -2.17. The zero-order valence-electron chi connectivity index (χ0n) is 14.5. The van der Waals surface area contributed by atoms with Gasteiger partial charge in [0, 0.05) is 23.7 Å². The van der Waals surface area contributed by atoms with Crippen molar-refractivity contribution in [3.05, 3.63) is 29.3 Å². The zero-order chi connectivity index (χ0) is 19.6. The Morgan fingerprint density at radius 3 is 2.48 bits per heavy atom. The minimum Gasteiger partial charge on any atom is -0.312 e. The number of carbonyl (C=O) groups is 3. The van der Waals surface area contributed by atoms with Crippen molar-refractivity contribution in [2.24, 2.45) is 11.8 Å². The van der Waals surface area contributed by atoms with E-state index in [1.807, 2.05) is 0 Å². The van der Waals surface area contributed by atoms with Crippen molar-refractivity contribution in [1.82, 2.24) is 10.9 Å². The Morgan fingerprint density at radius 1 is 1.15 bits per heavy atom. The third kappa shape index (κ3) is 4.78. The molecule has 2 unspecified atom stereocenters. The van der Waals surface area contributed by atoms with Crippen LogP contribution in [0.2, 0.25) is 5.02 Å². The number of carbonyl (C=O) groups excluding carboxylic acids is 3. The average molecular weight is 414 g/mol. The molecule has 2 saturated heterocycles. The summed E-state index contributed by atoms with van der Waals surface area (Å²) in [7, 11) is -3.05. The number of hydrogen-bond donors (Lipinski definition) is 2. The van der Waals surface area contributed by atoms with Gasteiger partial charge in [-0.2, -0.15) is 0 Å². The van der Waals surface area contributed by atoms with Crippen molar-refractivity contribution >= 4 is 44.8 Å². The summed E-state index contributed by atoms with van der Waals surface area (Å²) in [5, 5.41) is 0.553. The highest BCUT2D eigenvalue weighted by atomic mass is 35.5. The van der Waals surface area contributed by atoms with Gasteiger partial charge in [0.2, 0.25) is 11.8 Å². The molecule has 0 radical (unpaired) electrons. The summed E-state index contributed by atoms with van der Waals surface area (Å²) in [6, 6.07) is 6.75. The van der Waals surface area contributed by atoms with E-state index in [9.17, 15) is 22.8 Å². The van der Waals surface area contributed by atoms with Crippen molar-refractivity contribution in [3.63, 3.8) is 0 Å². The fourth-order valence-electron chi connectivity index (χ4n) is 3.37. The van der Waals surface area contributed by atoms with Crippen LogP contribution < -0.4 is 15.8 Å². The van der Waals surface area contributed by atoms with Crippen LogP contribution in [0.15, 0.2) is 24.3 Å². The van der Waals surface area contributed by atoms with Crippen LogP contribution in [-0.2, 0) is 24.2 Å². The molecule has 0 aromatic heterocycles. The van der Waals surface area contributed by atoms with Gasteiger partial charge in [-0.15, -0.1) is 0 Å². The second kappa shape index (κ2) is 7.85. The number of nitrogens with zero attached hydrogens (tertiary/aromatic N) is 1. The second-order valence-electron chi connectivity index (χ2n) is 6.82. The average Bonchev–Trinajstić information content (AvgIpc) is 3.15. The van der Waals surface area contributed by atoms with Gasteiger partial charge in [-0.1, -0.05) is 11.6 Å². The first-order valence-corrected chi connectivity index (χ1v) is 10.8. The minimum absolute atomic E-state index is 0.00840. The lowest BCUT2D eigenvalue weighted by molar-refractivity contribution is -0.135. The molecule has 0 bridgehead atoms. The van der Waals surface area contributed by atoms with Crippen molar-refractivity contribution in [3.8, 4) is 0 Å². The van der Waals surface area contributed by atoms with E-state index in [-0.39, 0.29) is 29.8 Å². The molecular formula is C17H20ClN3O5S. The summed E-state index contributed by atoms with van der Waals surface area (Å²) >= 11 is 5.84. The minimum atomic E-state index is -3.05. The molecule has 0 saturated carbocycles. The van der Waals surface area contributed by atoms with Crippen LogP contribution in [0.1, 0.15) is 19.3 Å². The maximum absolute atomic E-state index is 12.5. The number of rotatable bonds is 4. The molecule has 2 aliphatic heterocycles. The van der Waals surface area contributed by atoms with Crippen LogP contribution in [0.25, 0.3) is 0 Å². The lowest BCUT2D eigenvalue weighted by Crippen LogP contribution is -2.46. The van der Waals surface area contributed by atoms with E-state index in [1.54, 1.807) is 24.3 Å². The van der Waals surface area contributed by atoms with Gasteiger partial charge in [-0.05, 0) is 43.0 Å². The Kier molecular flexibility index (Phi) is 5.71. The third-order valence-electron chi connectivity index (χ3n) is 4.79. The van der Waals surface area contributed by atoms with Gasteiger partial charge < -0.3 is 4.90 Å². The highest BCUT2D eigenvalue weighted by Gasteiger charge is 2.38. The molecule has 3 rings (SSSR count). The van der Waals surface area contributed by atoms with Gasteiger partial charge in [-0.25, -0.2) is 8.42 Å². The highest BCUT2D eigenvalue weighted by molar-refractivity contribution is 7.91. The maximum Gasteiger partial charge on any atom is 0.251 e. The molecule has 1 aromatic carbocycles. The molecule has 146 valence electrons. The Balaban J connectivity index is 1.49. The normalized spacial score (nSPS) is 24.0. The smallest absolute Gasteiger partial charge is 0.251 e. The summed E-state index contributed by atoms with van der Waals surface area (Å²) in [5.74, 6) is -2.42. The molecule has 1 aromatic rings. The highest BCUT2D eigenvalue weighted by Crippen LogP contribution is 2.26. The quantitative estimate of drug-likeness (QED) is 0.556. The van der Waals surface area contributed by atoms with E-state index in [2.05, 4.69) is 10.9 Å². The number of sulfone groups is 1. The van der Waals surface area contributed by atoms with Crippen LogP contribution in [0, 0.1) is 11.8 Å². The van der Waals surface area contributed by atoms with Crippen LogP contribution in [0.5, 0.6) is 0 Å². The largest absolute Gasteiger partial charge is 0.312 e. The number of hydrazine groups is 1. The fourth-order valence-corrected chi connectivity index (χ4v) is 5.35. The second-order valence-corrected chi connectivity index (χ2v) is 9.48. The molecule has 3 amide bonds. The molecule has 2 aliphatic rings. The Morgan fingerprint density at radius 2 is 1.85 bits per heavy atom. The van der Waals surface area contributed by atoms with E-state index >= 15 is 0 Å². The number of nitrogens with one attached hydrogen (secondary N) is 2. The number of benzene rings is 1. The van der Waals surface area contributed by atoms with Crippen molar-refractivity contribution in [2.45, 2.75) is 19.3 Å². The van der Waals surface area contributed by atoms with Gasteiger partial charge in [0.1, 0.15) is 5.92 Å². The van der Waals surface area contributed by atoms with Crippen molar-refractivity contribution in [1.29, 1.82) is 0 Å². The first-order chi connectivity index (χ1) is 12.7. The van der Waals surface area contributed by atoms with Gasteiger partial charge in [0.15, 0.2) is 9.84 Å². The fraction of sp³-hybridized carbons (Fsp3) is 0.471. The molecule has 0 aliphatic carbocycles. The van der Waals surface area contributed by atoms with E-state index in [0.717, 1.165) is 0 Å². The summed E-state index contributed by atoms with van der Waals surface area (Å²) in [5.41, 5.74) is 5.21. The standard InChI is InChI=1S/C17H20ClN3O5S/c18-12-1-3-13(4-2-12)21-7-5-14(17(21)24)16(23)20-19-15(22)9-11-6-8-27(25,26)10-11/h1-4,11,14H,5-10H2,(H,19,22)(H,20,23). The molecule has 10 heteroatoms. The third-order valence-corrected chi connectivity index (χ3v) is 6.88. The Hall–Kier alpha value is -2.13. The molecule has 27 heavy (non-hydrogen) atoms. The zero-order valence-corrected chi connectivity index (χ0v) is 16.1. The molecule has 2 atom stereocenters. The van der Waals surface area contributed by atoms with Crippen molar-refractivity contribution in [2.75, 3.05) is 23.0 Å². The molecule has 2 N–H and O–H groups in total. The maximum atomic E-state index is 12.5. The van der Waals surface area contributed by atoms with Gasteiger partial charge >= 0.3 is 0 Å². The summed E-state index contributed by atoms with van der Waals surface area (Å²) in [6.45, 7) is 0.395. The molecular weight excluding hydrogens is 394 g/mol. The Bertz CT molecular complexity index is 856. The summed E-state index contributed by atoms with van der Waals surface area (Å²) in [6.07, 6.45) is 0.805. The number of anilines is 1. The molecule has 0 spiro atoms. The number of halogens is 1. The van der Waals surface area contributed by atoms with Crippen LogP contribution in [0.3, 0.4) is 0 Å². The van der Waals surface area contributed by atoms with E-state index in [4.69, 9.17) is 11.6 Å². The SMILES string of the molecule is O=C(CC1CCS(=O)(=O)C1)NNC(=O)C1CCN(c2ccc(Cl)cc2)C1=O.